The van der Waals surface area contributed by atoms with Crippen LogP contribution in [0.4, 0.5) is 0 Å². The molecular weight excluding hydrogens is 430 g/mol. The van der Waals surface area contributed by atoms with E-state index in [0.717, 1.165) is 17.7 Å². The number of hydrazone groups is 1. The van der Waals surface area contributed by atoms with E-state index in [-0.39, 0.29) is 18.4 Å². The van der Waals surface area contributed by atoms with E-state index in [9.17, 15) is 19.7 Å². The third-order valence-corrected chi connectivity index (χ3v) is 4.89. The summed E-state index contributed by atoms with van der Waals surface area (Å²) in [6.45, 7) is 4.75. The molecule has 1 aromatic carbocycles. The first-order valence-corrected chi connectivity index (χ1v) is 10.8. The molecule has 0 saturated heterocycles. The number of nitro groups is 1. The molecule has 2 atom stereocenters. The number of hydrogen-bond acceptors (Lipinski definition) is 6. The lowest BCUT2D eigenvalue weighted by Crippen LogP contribution is -2.51. The number of amides is 2. The fourth-order valence-electron chi connectivity index (χ4n) is 3.01. The molecule has 0 aliphatic carbocycles. The van der Waals surface area contributed by atoms with Gasteiger partial charge in [0.25, 0.3) is 5.96 Å². The van der Waals surface area contributed by atoms with Crippen molar-refractivity contribution in [2.75, 3.05) is 13.7 Å². The van der Waals surface area contributed by atoms with Crippen LogP contribution in [0.3, 0.4) is 0 Å². The molecule has 0 aliphatic rings. The van der Waals surface area contributed by atoms with Crippen LogP contribution in [0.5, 0.6) is 5.75 Å². The van der Waals surface area contributed by atoms with Crippen LogP contribution in [0.15, 0.2) is 29.4 Å². The molecule has 1 rings (SSSR count). The minimum atomic E-state index is -0.893. The van der Waals surface area contributed by atoms with Gasteiger partial charge in [0.15, 0.2) is 5.03 Å². The molecule has 12 heteroatoms. The Morgan fingerprint density at radius 1 is 1.12 bits per heavy atom. The monoisotopic (exact) mass is 465 g/mol. The molecule has 0 fully saturated rings. The number of primary amides is 1. The van der Waals surface area contributed by atoms with Gasteiger partial charge in [-0.15, -0.1) is 0 Å². The maximum absolute atomic E-state index is 12.9. The maximum Gasteiger partial charge on any atom is 0.266 e. The molecule has 0 heterocycles. The van der Waals surface area contributed by atoms with Crippen molar-refractivity contribution in [2.24, 2.45) is 22.5 Å². The summed E-state index contributed by atoms with van der Waals surface area (Å²) in [6.07, 6.45) is 2.06. The van der Waals surface area contributed by atoms with Gasteiger partial charge >= 0.3 is 0 Å². The van der Waals surface area contributed by atoms with Gasteiger partial charge in [0.05, 0.1) is 13.2 Å². The van der Waals surface area contributed by atoms with E-state index < -0.39 is 23.0 Å². The first-order valence-electron chi connectivity index (χ1n) is 10.8. The van der Waals surface area contributed by atoms with E-state index in [1.807, 2.05) is 38.1 Å². The summed E-state index contributed by atoms with van der Waals surface area (Å²) in [7, 11) is 1.58. The standard InChI is InChI=1S/C21H35N7O5/c1-14(2)6-11-17(19(22)29)26-20(30)18(5-4-12-24-21(23)27-28(31)32)25-13-15-7-9-16(33-3)10-8-15/h7-10,14,17-18,25H,4-6,11-13H2,1-3H3,(H2,22,29)(H,26,30)(H3,23,24,27)/t17-,18-/m0/s1. The van der Waals surface area contributed by atoms with Crippen molar-refractivity contribution in [3.63, 3.8) is 0 Å². The zero-order chi connectivity index (χ0) is 24.8. The number of nitrogens with one attached hydrogen (secondary N) is 3. The highest BCUT2D eigenvalue weighted by Crippen LogP contribution is 2.12. The van der Waals surface area contributed by atoms with Crippen molar-refractivity contribution < 1.29 is 19.4 Å². The minimum Gasteiger partial charge on any atom is -0.497 e. The van der Waals surface area contributed by atoms with Gasteiger partial charge in [-0.3, -0.25) is 9.59 Å². The van der Waals surface area contributed by atoms with Gasteiger partial charge in [0, 0.05) is 13.1 Å². The van der Waals surface area contributed by atoms with Crippen LogP contribution in [0.2, 0.25) is 0 Å². The highest BCUT2D eigenvalue weighted by Gasteiger charge is 2.24. The number of carbonyl (C=O) groups is 2. The Labute approximate surface area is 193 Å². The first-order chi connectivity index (χ1) is 15.6. The number of guanidine groups is 1. The van der Waals surface area contributed by atoms with Gasteiger partial charge in [-0.1, -0.05) is 26.0 Å². The molecule has 0 aromatic heterocycles. The van der Waals surface area contributed by atoms with E-state index in [4.69, 9.17) is 16.2 Å². The Morgan fingerprint density at radius 2 is 1.79 bits per heavy atom. The summed E-state index contributed by atoms with van der Waals surface area (Å²) in [5, 5.41) is 21.0. The van der Waals surface area contributed by atoms with Crippen molar-refractivity contribution in [2.45, 2.75) is 58.2 Å². The third kappa shape index (κ3) is 11.7. The number of ether oxygens (including phenoxy) is 1. The van der Waals surface area contributed by atoms with E-state index in [2.05, 4.69) is 21.1 Å². The summed E-state index contributed by atoms with van der Waals surface area (Å²) in [4.78, 5) is 35.1. The Morgan fingerprint density at radius 3 is 2.33 bits per heavy atom. The molecule has 0 aliphatic heterocycles. The van der Waals surface area contributed by atoms with E-state index >= 15 is 0 Å². The average Bonchev–Trinajstić information content (AvgIpc) is 2.75. The minimum absolute atomic E-state index is 0.282. The molecular formula is C21H35N7O5. The predicted molar refractivity (Wildman–Crippen MR) is 125 cm³/mol. The summed E-state index contributed by atoms with van der Waals surface area (Å²) >= 11 is 0. The van der Waals surface area contributed by atoms with Gasteiger partial charge in [-0.05, 0) is 49.3 Å². The molecule has 0 bridgehead atoms. The fraction of sp³-hybridized carbons (Fsp3) is 0.571. The van der Waals surface area contributed by atoms with Crippen molar-refractivity contribution >= 4 is 17.8 Å². The number of hydrogen-bond donors (Lipinski definition) is 5. The van der Waals surface area contributed by atoms with Gasteiger partial charge in [0.2, 0.25) is 11.8 Å². The van der Waals surface area contributed by atoms with E-state index in [1.54, 1.807) is 7.11 Å². The van der Waals surface area contributed by atoms with Crippen molar-refractivity contribution in [1.82, 2.24) is 16.0 Å². The zero-order valence-corrected chi connectivity index (χ0v) is 19.4. The second-order valence-electron chi connectivity index (χ2n) is 8.01. The number of nitrogens with zero attached hydrogens (tertiary/aromatic N) is 2. The number of benzene rings is 1. The van der Waals surface area contributed by atoms with Crippen LogP contribution in [0, 0.1) is 16.0 Å². The Hall–Kier alpha value is -3.41. The van der Waals surface area contributed by atoms with Gasteiger partial charge in [-0.25, -0.2) is 10.1 Å². The number of methoxy groups -OCH3 is 1. The maximum atomic E-state index is 12.9. The van der Waals surface area contributed by atoms with Crippen LogP contribution in [-0.4, -0.2) is 48.5 Å². The van der Waals surface area contributed by atoms with E-state index in [1.165, 1.54) is 0 Å². The molecule has 0 spiro atoms. The third-order valence-electron chi connectivity index (χ3n) is 4.89. The lowest BCUT2D eigenvalue weighted by Gasteiger charge is -2.22. The van der Waals surface area contributed by atoms with Crippen molar-refractivity contribution in [1.29, 1.82) is 0 Å². The number of nitrogens with two attached hydrogens (primary N) is 2. The average molecular weight is 466 g/mol. The lowest BCUT2D eigenvalue weighted by molar-refractivity contribution is -0.485. The van der Waals surface area contributed by atoms with Crippen LogP contribution in [0.1, 0.15) is 45.1 Å². The zero-order valence-electron chi connectivity index (χ0n) is 19.4. The molecule has 33 heavy (non-hydrogen) atoms. The quantitative estimate of drug-likeness (QED) is 0.0811. The summed E-state index contributed by atoms with van der Waals surface area (Å²) in [5.41, 5.74) is 11.8. The molecule has 12 nitrogen and oxygen atoms in total. The summed E-state index contributed by atoms with van der Waals surface area (Å²) in [6, 6.07) is 6.03. The second-order valence-corrected chi connectivity index (χ2v) is 8.01. The number of rotatable bonds is 15. The molecule has 7 N–H and O–H groups in total. The molecule has 0 radical (unpaired) electrons. The Balaban J connectivity index is 2.77. The predicted octanol–water partition coefficient (Wildman–Crippen LogP) is 0.436. The van der Waals surface area contributed by atoms with Gasteiger partial charge in [0.1, 0.15) is 16.9 Å². The lowest BCUT2D eigenvalue weighted by atomic mass is 10.0. The molecule has 2 amide bonds. The molecule has 0 unspecified atom stereocenters. The Bertz CT molecular complexity index is 799. The molecule has 0 saturated carbocycles. The SMILES string of the molecule is COc1ccc(CN[C@@H](CCCN/C(N)=N/[N+](=O)[O-])C(=O)N[C@@H](CCC(C)C)C(N)=O)cc1. The van der Waals surface area contributed by atoms with Gasteiger partial charge in [-0.2, -0.15) is 0 Å². The highest BCUT2D eigenvalue weighted by molar-refractivity contribution is 5.89. The van der Waals surface area contributed by atoms with Crippen molar-refractivity contribution in [3.05, 3.63) is 39.9 Å². The second kappa shape index (κ2) is 14.6. The molecule has 1 aromatic rings. The summed E-state index contributed by atoms with van der Waals surface area (Å²) < 4.78 is 5.15. The summed E-state index contributed by atoms with van der Waals surface area (Å²) in [5.74, 6) is -0.145. The molecule has 184 valence electrons. The van der Waals surface area contributed by atoms with Crippen LogP contribution in [-0.2, 0) is 16.1 Å². The number of carbonyl (C=O) groups excluding carboxylic acids is 2. The fourth-order valence-corrected chi connectivity index (χ4v) is 3.01. The van der Waals surface area contributed by atoms with Crippen molar-refractivity contribution in [3.8, 4) is 5.75 Å². The van der Waals surface area contributed by atoms with Gasteiger partial charge < -0.3 is 32.2 Å². The van der Waals surface area contributed by atoms with Crippen LogP contribution in [0.25, 0.3) is 0 Å². The van der Waals surface area contributed by atoms with Crippen LogP contribution < -0.4 is 32.2 Å². The van der Waals surface area contributed by atoms with E-state index in [0.29, 0.717) is 31.7 Å². The topological polar surface area (TPSA) is 187 Å². The highest BCUT2D eigenvalue weighted by atomic mass is 16.7. The smallest absolute Gasteiger partial charge is 0.266 e. The largest absolute Gasteiger partial charge is 0.497 e. The van der Waals surface area contributed by atoms with Crippen LogP contribution >= 0.6 is 0 Å². The first kappa shape index (κ1) is 27.6. The Kier molecular flexibility index (Phi) is 12.2. The normalized spacial score (nSPS) is 13.3.